The van der Waals surface area contributed by atoms with Crippen LogP contribution in [0.1, 0.15) is 29.7 Å². The van der Waals surface area contributed by atoms with Crippen LogP contribution in [0.25, 0.3) is 0 Å². The minimum atomic E-state index is -0.393. The van der Waals surface area contributed by atoms with Crippen LogP contribution in [0.15, 0.2) is 16.5 Å². The predicted octanol–water partition coefficient (Wildman–Crippen LogP) is 1.49. The van der Waals surface area contributed by atoms with E-state index in [0.29, 0.717) is 25.3 Å². The van der Waals surface area contributed by atoms with Gasteiger partial charge in [-0.15, -0.1) is 0 Å². The first-order valence-electron chi connectivity index (χ1n) is 6.33. The molecule has 0 aliphatic carbocycles. The van der Waals surface area contributed by atoms with Crippen molar-refractivity contribution in [1.82, 2.24) is 10.2 Å². The topological polar surface area (TPSA) is 62.6 Å². The van der Waals surface area contributed by atoms with Gasteiger partial charge in [-0.05, 0) is 24.8 Å². The first kappa shape index (κ1) is 14.0. The molecule has 1 aromatic rings. The van der Waals surface area contributed by atoms with Gasteiger partial charge >= 0.3 is 0 Å². The van der Waals surface area contributed by atoms with Crippen molar-refractivity contribution in [2.24, 2.45) is 0 Å². The van der Waals surface area contributed by atoms with E-state index in [2.05, 4.69) is 5.32 Å². The van der Waals surface area contributed by atoms with Gasteiger partial charge in [0.2, 0.25) is 5.91 Å². The number of nitrogens with zero attached hydrogens (tertiary/aromatic N) is 1. The standard InChI is InChI=1S/C13H18N2O3S/c1-3-10-12(16)14-6-7-15(10)13(17)11-5-4-9(18-11)8-19-2/h4-5,10H,3,6-8H2,1-2H3,(H,14,16). The maximum absolute atomic E-state index is 12.4. The molecule has 104 valence electrons. The maximum atomic E-state index is 12.4. The van der Waals surface area contributed by atoms with Gasteiger partial charge in [-0.1, -0.05) is 6.92 Å². The van der Waals surface area contributed by atoms with Crippen LogP contribution in [-0.4, -0.2) is 42.1 Å². The summed E-state index contributed by atoms with van der Waals surface area (Å²) in [4.78, 5) is 25.7. The summed E-state index contributed by atoms with van der Waals surface area (Å²) >= 11 is 1.64. The summed E-state index contributed by atoms with van der Waals surface area (Å²) in [5.41, 5.74) is 0. The van der Waals surface area contributed by atoms with Crippen LogP contribution in [0, 0.1) is 0 Å². The van der Waals surface area contributed by atoms with Gasteiger partial charge in [0.25, 0.3) is 5.91 Å². The summed E-state index contributed by atoms with van der Waals surface area (Å²) in [5.74, 6) is 1.56. The Labute approximate surface area is 116 Å². The van der Waals surface area contributed by atoms with E-state index < -0.39 is 6.04 Å². The molecule has 1 N–H and O–H groups in total. The van der Waals surface area contributed by atoms with E-state index in [9.17, 15) is 9.59 Å². The van der Waals surface area contributed by atoms with Gasteiger partial charge in [-0.2, -0.15) is 11.8 Å². The van der Waals surface area contributed by atoms with Crippen molar-refractivity contribution < 1.29 is 14.0 Å². The molecule has 0 aromatic carbocycles. The normalized spacial score (nSPS) is 19.4. The van der Waals surface area contributed by atoms with Gasteiger partial charge in [0.05, 0.1) is 5.75 Å². The van der Waals surface area contributed by atoms with Crippen molar-refractivity contribution >= 4 is 23.6 Å². The summed E-state index contributed by atoms with van der Waals surface area (Å²) in [6.45, 7) is 2.93. The lowest BCUT2D eigenvalue weighted by molar-refractivity contribution is -0.127. The quantitative estimate of drug-likeness (QED) is 0.909. The summed E-state index contributed by atoms with van der Waals surface area (Å²) in [7, 11) is 0. The van der Waals surface area contributed by atoms with Gasteiger partial charge in [0, 0.05) is 13.1 Å². The zero-order valence-electron chi connectivity index (χ0n) is 11.1. The Morgan fingerprint density at radius 1 is 1.58 bits per heavy atom. The molecule has 1 unspecified atom stereocenters. The second-order valence-corrected chi connectivity index (χ2v) is 5.28. The van der Waals surface area contributed by atoms with Crippen LogP contribution in [0.2, 0.25) is 0 Å². The SMILES string of the molecule is CCC1C(=O)NCCN1C(=O)c1ccc(CSC)o1. The average Bonchev–Trinajstić information content (AvgIpc) is 2.86. The summed E-state index contributed by atoms with van der Waals surface area (Å²) in [5, 5.41) is 2.78. The molecule has 1 fully saturated rings. The summed E-state index contributed by atoms with van der Waals surface area (Å²) in [6, 6.07) is 3.11. The minimum Gasteiger partial charge on any atom is -0.455 e. The minimum absolute atomic E-state index is 0.0852. The van der Waals surface area contributed by atoms with Crippen LogP contribution >= 0.6 is 11.8 Å². The largest absolute Gasteiger partial charge is 0.455 e. The van der Waals surface area contributed by atoms with Crippen LogP contribution in [0.3, 0.4) is 0 Å². The van der Waals surface area contributed by atoms with Crippen molar-refractivity contribution in [2.45, 2.75) is 25.1 Å². The Bertz CT molecular complexity index is 472. The molecule has 2 rings (SSSR count). The molecule has 2 heterocycles. The third-order valence-corrected chi connectivity index (χ3v) is 3.71. The maximum Gasteiger partial charge on any atom is 0.290 e. The van der Waals surface area contributed by atoms with Crippen molar-refractivity contribution in [2.75, 3.05) is 19.3 Å². The number of carbonyl (C=O) groups is 2. The molecular weight excluding hydrogens is 264 g/mol. The number of rotatable bonds is 4. The van der Waals surface area contributed by atoms with Gasteiger partial charge < -0.3 is 14.6 Å². The van der Waals surface area contributed by atoms with Crippen molar-refractivity contribution in [1.29, 1.82) is 0 Å². The Hall–Kier alpha value is -1.43. The van der Waals surface area contributed by atoms with E-state index in [1.54, 1.807) is 22.7 Å². The van der Waals surface area contributed by atoms with Gasteiger partial charge in [0.1, 0.15) is 11.8 Å². The third-order valence-electron chi connectivity index (χ3n) is 3.14. The Kier molecular flexibility index (Phi) is 4.52. The molecule has 0 saturated carbocycles. The molecule has 0 bridgehead atoms. The van der Waals surface area contributed by atoms with E-state index in [0.717, 1.165) is 11.5 Å². The highest BCUT2D eigenvalue weighted by atomic mass is 32.2. The molecule has 0 spiro atoms. The van der Waals surface area contributed by atoms with Crippen LogP contribution in [0.5, 0.6) is 0 Å². The fourth-order valence-corrected chi connectivity index (χ4v) is 2.66. The Morgan fingerprint density at radius 2 is 2.37 bits per heavy atom. The van der Waals surface area contributed by atoms with Crippen LogP contribution in [0.4, 0.5) is 0 Å². The number of furan rings is 1. The number of hydrogen-bond acceptors (Lipinski definition) is 4. The number of piperazine rings is 1. The molecule has 1 atom stereocenters. The zero-order valence-corrected chi connectivity index (χ0v) is 12.0. The summed E-state index contributed by atoms with van der Waals surface area (Å²) < 4.78 is 5.52. The van der Waals surface area contributed by atoms with E-state index in [1.807, 2.05) is 19.2 Å². The van der Waals surface area contributed by atoms with Crippen LogP contribution < -0.4 is 5.32 Å². The molecule has 1 aromatic heterocycles. The molecule has 6 heteroatoms. The highest BCUT2D eigenvalue weighted by Crippen LogP contribution is 2.18. The lowest BCUT2D eigenvalue weighted by Gasteiger charge is -2.33. The molecule has 1 aliphatic rings. The fourth-order valence-electron chi connectivity index (χ4n) is 2.22. The zero-order chi connectivity index (χ0) is 13.8. The fraction of sp³-hybridized carbons (Fsp3) is 0.538. The number of hydrogen-bond donors (Lipinski definition) is 1. The Balaban J connectivity index is 2.14. The molecule has 5 nitrogen and oxygen atoms in total. The van der Waals surface area contributed by atoms with E-state index in [4.69, 9.17) is 4.42 Å². The van der Waals surface area contributed by atoms with Crippen molar-refractivity contribution in [3.63, 3.8) is 0 Å². The molecule has 2 amide bonds. The van der Waals surface area contributed by atoms with Gasteiger partial charge in [0.15, 0.2) is 5.76 Å². The molecule has 0 radical (unpaired) electrons. The van der Waals surface area contributed by atoms with Crippen molar-refractivity contribution in [3.8, 4) is 0 Å². The molecular formula is C13H18N2O3S. The highest BCUT2D eigenvalue weighted by Gasteiger charge is 2.33. The average molecular weight is 282 g/mol. The number of nitrogens with one attached hydrogen (secondary N) is 1. The first-order valence-corrected chi connectivity index (χ1v) is 7.73. The van der Waals surface area contributed by atoms with Gasteiger partial charge in [-0.25, -0.2) is 0 Å². The summed E-state index contributed by atoms with van der Waals surface area (Å²) in [6.07, 6.45) is 2.59. The van der Waals surface area contributed by atoms with E-state index >= 15 is 0 Å². The Morgan fingerprint density at radius 3 is 3.05 bits per heavy atom. The number of amides is 2. The number of carbonyl (C=O) groups excluding carboxylic acids is 2. The van der Waals surface area contributed by atoms with Crippen molar-refractivity contribution in [3.05, 3.63) is 23.7 Å². The lowest BCUT2D eigenvalue weighted by atomic mass is 10.1. The number of thioether (sulfide) groups is 1. The monoisotopic (exact) mass is 282 g/mol. The van der Waals surface area contributed by atoms with Crippen LogP contribution in [-0.2, 0) is 10.5 Å². The van der Waals surface area contributed by atoms with Gasteiger partial charge in [-0.3, -0.25) is 9.59 Å². The highest BCUT2D eigenvalue weighted by molar-refractivity contribution is 7.97. The third kappa shape index (κ3) is 2.94. The van der Waals surface area contributed by atoms with E-state index in [-0.39, 0.29) is 11.8 Å². The smallest absolute Gasteiger partial charge is 0.290 e. The first-order chi connectivity index (χ1) is 9.17. The second kappa shape index (κ2) is 6.14. The lowest BCUT2D eigenvalue weighted by Crippen LogP contribution is -2.56. The molecule has 1 saturated heterocycles. The predicted molar refractivity (Wildman–Crippen MR) is 74.1 cm³/mol. The molecule has 1 aliphatic heterocycles. The second-order valence-electron chi connectivity index (χ2n) is 4.41. The molecule has 19 heavy (non-hydrogen) atoms. The van der Waals surface area contributed by atoms with E-state index in [1.165, 1.54) is 0 Å².